The van der Waals surface area contributed by atoms with Crippen molar-refractivity contribution >= 4 is 35.3 Å². The van der Waals surface area contributed by atoms with E-state index in [0.29, 0.717) is 40.1 Å². The Bertz CT molecular complexity index is 1130. The number of ether oxygens (including phenoxy) is 3. The maximum absolute atomic E-state index is 12.0. The summed E-state index contributed by atoms with van der Waals surface area (Å²) in [5.74, 6) is -0.361. The molecule has 0 spiro atoms. The predicted octanol–water partition coefficient (Wildman–Crippen LogP) is 4.03. The van der Waals surface area contributed by atoms with Crippen molar-refractivity contribution in [3.8, 4) is 17.2 Å². The van der Waals surface area contributed by atoms with Crippen molar-refractivity contribution in [1.29, 1.82) is 0 Å². The second kappa shape index (κ2) is 11.5. The largest absolute Gasteiger partial charge is 0.497 e. The maximum Gasteiger partial charge on any atom is 0.329 e. The molecule has 2 amide bonds. The highest BCUT2D eigenvalue weighted by Crippen LogP contribution is 2.36. The van der Waals surface area contributed by atoms with Gasteiger partial charge in [0, 0.05) is 5.69 Å². The van der Waals surface area contributed by atoms with Gasteiger partial charge in [0.1, 0.15) is 12.4 Å². The van der Waals surface area contributed by atoms with Crippen molar-refractivity contribution in [3.63, 3.8) is 0 Å². The Balaban J connectivity index is 1.59. The fraction of sp³-hybridized carbons (Fsp3) is 0.125. The third-order valence-electron chi connectivity index (χ3n) is 4.41. The number of halogens is 1. The molecule has 0 aliphatic carbocycles. The van der Waals surface area contributed by atoms with Crippen LogP contribution in [0.25, 0.3) is 0 Å². The third kappa shape index (κ3) is 6.72. The maximum atomic E-state index is 12.0. The molecule has 0 unspecified atom stereocenters. The van der Waals surface area contributed by atoms with E-state index in [1.165, 1.54) is 20.4 Å². The highest BCUT2D eigenvalue weighted by atomic mass is 35.5. The fourth-order valence-corrected chi connectivity index (χ4v) is 3.04. The molecule has 0 bridgehead atoms. The summed E-state index contributed by atoms with van der Waals surface area (Å²) >= 11 is 6.36. The van der Waals surface area contributed by atoms with Crippen LogP contribution in [0.4, 0.5) is 5.69 Å². The molecule has 0 aliphatic rings. The van der Waals surface area contributed by atoms with Crippen LogP contribution >= 0.6 is 11.6 Å². The summed E-state index contributed by atoms with van der Waals surface area (Å²) in [4.78, 5) is 24.0. The molecule has 0 radical (unpaired) electrons. The average Bonchev–Trinajstić information content (AvgIpc) is 2.84. The Morgan fingerprint density at radius 1 is 0.970 bits per heavy atom. The fourth-order valence-electron chi connectivity index (χ4n) is 2.76. The third-order valence-corrected chi connectivity index (χ3v) is 4.69. The molecule has 2 N–H and O–H groups in total. The Kier molecular flexibility index (Phi) is 8.26. The van der Waals surface area contributed by atoms with Gasteiger partial charge in [-0.15, -0.1) is 0 Å². The van der Waals surface area contributed by atoms with Gasteiger partial charge in [-0.2, -0.15) is 5.10 Å². The minimum atomic E-state index is -0.928. The summed E-state index contributed by atoms with van der Waals surface area (Å²) in [5, 5.41) is 6.59. The topological polar surface area (TPSA) is 98.2 Å². The number of carbonyl (C=O) groups is 2. The van der Waals surface area contributed by atoms with Crippen molar-refractivity contribution in [3.05, 3.63) is 82.9 Å². The van der Waals surface area contributed by atoms with E-state index in [-0.39, 0.29) is 0 Å². The number of hydrogen-bond donors (Lipinski definition) is 2. The number of benzene rings is 3. The zero-order valence-electron chi connectivity index (χ0n) is 18.0. The summed E-state index contributed by atoms with van der Waals surface area (Å²) in [5.41, 5.74) is 4.14. The van der Waals surface area contributed by atoms with E-state index >= 15 is 0 Å². The number of anilines is 1. The number of amides is 2. The van der Waals surface area contributed by atoms with Gasteiger partial charge in [-0.3, -0.25) is 9.59 Å². The first kappa shape index (κ1) is 23.6. The average molecular weight is 468 g/mol. The Hall–Kier alpha value is -4.04. The minimum absolute atomic E-state index is 0.315. The molecule has 3 aromatic carbocycles. The lowest BCUT2D eigenvalue weighted by Gasteiger charge is -2.13. The van der Waals surface area contributed by atoms with Gasteiger partial charge < -0.3 is 19.5 Å². The quantitative estimate of drug-likeness (QED) is 0.296. The van der Waals surface area contributed by atoms with Crippen molar-refractivity contribution < 1.29 is 23.8 Å². The van der Waals surface area contributed by atoms with E-state index in [4.69, 9.17) is 25.8 Å². The molecule has 0 aliphatic heterocycles. The van der Waals surface area contributed by atoms with Gasteiger partial charge in [-0.25, -0.2) is 5.43 Å². The monoisotopic (exact) mass is 467 g/mol. The number of carbonyl (C=O) groups excluding carboxylic acids is 2. The Labute approximate surface area is 196 Å². The van der Waals surface area contributed by atoms with Crippen LogP contribution in [0.5, 0.6) is 17.2 Å². The molecule has 3 aromatic rings. The molecule has 0 saturated carbocycles. The number of methoxy groups -OCH3 is 2. The molecule has 0 aromatic heterocycles. The van der Waals surface area contributed by atoms with Gasteiger partial charge in [0.15, 0.2) is 11.5 Å². The van der Waals surface area contributed by atoms with Crippen LogP contribution in [-0.4, -0.2) is 32.2 Å². The first-order chi connectivity index (χ1) is 16.0. The Morgan fingerprint density at radius 3 is 2.36 bits per heavy atom. The lowest BCUT2D eigenvalue weighted by Crippen LogP contribution is -2.32. The first-order valence-corrected chi connectivity index (χ1v) is 10.2. The second-order valence-corrected chi connectivity index (χ2v) is 7.10. The Morgan fingerprint density at radius 2 is 1.70 bits per heavy atom. The van der Waals surface area contributed by atoms with Crippen LogP contribution in [-0.2, 0) is 16.2 Å². The standard InChI is InChI=1S/C24H22ClN3O5/c1-31-19-10-8-18(9-11-19)27-23(29)24(30)28-26-14-17-12-20(25)22(21(13-17)32-2)33-15-16-6-4-3-5-7-16/h3-14H,15H2,1-2H3,(H,27,29)(H,28,30)/b26-14-. The zero-order valence-corrected chi connectivity index (χ0v) is 18.8. The molecule has 33 heavy (non-hydrogen) atoms. The molecule has 0 atom stereocenters. The SMILES string of the molecule is COc1ccc(NC(=O)C(=O)N/N=C\c2cc(Cl)c(OCc3ccccc3)c(OC)c2)cc1. The summed E-state index contributed by atoms with van der Waals surface area (Å²) < 4.78 is 16.2. The van der Waals surface area contributed by atoms with Gasteiger partial charge in [0.25, 0.3) is 0 Å². The summed E-state index contributed by atoms with van der Waals surface area (Å²) in [6.45, 7) is 0.323. The van der Waals surface area contributed by atoms with Crippen LogP contribution in [0.1, 0.15) is 11.1 Å². The van der Waals surface area contributed by atoms with Gasteiger partial charge >= 0.3 is 11.8 Å². The van der Waals surface area contributed by atoms with Crippen LogP contribution in [0.3, 0.4) is 0 Å². The lowest BCUT2D eigenvalue weighted by atomic mass is 10.2. The number of hydrogen-bond acceptors (Lipinski definition) is 6. The van der Waals surface area contributed by atoms with E-state index in [1.54, 1.807) is 36.4 Å². The van der Waals surface area contributed by atoms with E-state index in [1.807, 2.05) is 30.3 Å². The molecular formula is C24H22ClN3O5. The lowest BCUT2D eigenvalue weighted by molar-refractivity contribution is -0.136. The van der Waals surface area contributed by atoms with E-state index in [2.05, 4.69) is 15.8 Å². The van der Waals surface area contributed by atoms with E-state index in [0.717, 1.165) is 5.56 Å². The van der Waals surface area contributed by atoms with Crippen LogP contribution in [0.2, 0.25) is 5.02 Å². The van der Waals surface area contributed by atoms with E-state index < -0.39 is 11.8 Å². The second-order valence-electron chi connectivity index (χ2n) is 6.69. The highest BCUT2D eigenvalue weighted by Gasteiger charge is 2.14. The van der Waals surface area contributed by atoms with Crippen molar-refractivity contribution in [2.24, 2.45) is 5.10 Å². The first-order valence-electron chi connectivity index (χ1n) is 9.83. The molecule has 8 nitrogen and oxygen atoms in total. The van der Waals surface area contributed by atoms with Crippen LogP contribution < -0.4 is 25.0 Å². The normalized spacial score (nSPS) is 10.5. The number of hydrazone groups is 1. The molecule has 0 heterocycles. The van der Waals surface area contributed by atoms with Crippen LogP contribution in [0, 0.1) is 0 Å². The highest BCUT2D eigenvalue weighted by molar-refractivity contribution is 6.39. The van der Waals surface area contributed by atoms with Gasteiger partial charge in [0.2, 0.25) is 0 Å². The smallest absolute Gasteiger partial charge is 0.329 e. The molecular weight excluding hydrogens is 446 g/mol. The van der Waals surface area contributed by atoms with Crippen LogP contribution in [0.15, 0.2) is 71.8 Å². The van der Waals surface area contributed by atoms with Crippen molar-refractivity contribution in [1.82, 2.24) is 5.43 Å². The molecule has 0 saturated heterocycles. The predicted molar refractivity (Wildman–Crippen MR) is 126 cm³/mol. The van der Waals surface area contributed by atoms with Gasteiger partial charge in [-0.05, 0) is 47.5 Å². The van der Waals surface area contributed by atoms with E-state index in [9.17, 15) is 9.59 Å². The van der Waals surface area contributed by atoms with Crippen molar-refractivity contribution in [2.45, 2.75) is 6.61 Å². The summed E-state index contributed by atoms with van der Waals surface area (Å²) in [7, 11) is 3.03. The minimum Gasteiger partial charge on any atom is -0.497 e. The van der Waals surface area contributed by atoms with Gasteiger partial charge in [-0.1, -0.05) is 41.9 Å². The molecule has 9 heteroatoms. The number of rotatable bonds is 8. The van der Waals surface area contributed by atoms with Gasteiger partial charge in [0.05, 0.1) is 25.5 Å². The summed E-state index contributed by atoms with van der Waals surface area (Å²) in [6.07, 6.45) is 1.34. The van der Waals surface area contributed by atoms with Crippen molar-refractivity contribution in [2.75, 3.05) is 19.5 Å². The zero-order chi connectivity index (χ0) is 23.6. The number of nitrogens with one attached hydrogen (secondary N) is 2. The summed E-state index contributed by atoms with van der Waals surface area (Å²) in [6, 6.07) is 19.5. The number of nitrogens with zero attached hydrogens (tertiary/aromatic N) is 1. The molecule has 0 fully saturated rings. The molecule has 3 rings (SSSR count). The molecule has 170 valence electrons.